The lowest BCUT2D eigenvalue weighted by Gasteiger charge is -2.04. The van der Waals surface area contributed by atoms with Gasteiger partial charge in [-0.05, 0) is 31.9 Å². The summed E-state index contributed by atoms with van der Waals surface area (Å²) in [4.78, 5) is 11.4. The van der Waals surface area contributed by atoms with E-state index in [9.17, 15) is 4.79 Å². The second-order valence-corrected chi connectivity index (χ2v) is 4.00. The fraction of sp³-hybridized carbons (Fsp3) is 0.500. The molecule has 1 aromatic rings. The molecule has 1 aromatic heterocycles. The van der Waals surface area contributed by atoms with Crippen molar-refractivity contribution in [3.8, 4) is 0 Å². The van der Waals surface area contributed by atoms with Crippen molar-refractivity contribution >= 4 is 12.0 Å². The summed E-state index contributed by atoms with van der Waals surface area (Å²) in [5, 5.41) is 15.8. The van der Waals surface area contributed by atoms with E-state index in [-0.39, 0.29) is 12.0 Å². The quantitative estimate of drug-likeness (QED) is 0.565. The summed E-state index contributed by atoms with van der Waals surface area (Å²) in [5.41, 5.74) is 0.879. The van der Waals surface area contributed by atoms with Gasteiger partial charge in [0.25, 0.3) is 0 Å². The van der Waals surface area contributed by atoms with Crippen LogP contribution in [0.2, 0.25) is 0 Å². The largest absolute Gasteiger partial charge is 0.393 e. The Kier molecular flexibility index (Phi) is 5.42. The van der Waals surface area contributed by atoms with E-state index in [2.05, 4.69) is 10.4 Å². The second-order valence-electron chi connectivity index (χ2n) is 4.00. The van der Waals surface area contributed by atoms with Gasteiger partial charge in [0.2, 0.25) is 5.91 Å². The second kappa shape index (κ2) is 6.85. The Labute approximate surface area is 101 Å². The number of amides is 1. The van der Waals surface area contributed by atoms with Gasteiger partial charge in [0.1, 0.15) is 0 Å². The van der Waals surface area contributed by atoms with Crippen LogP contribution in [-0.2, 0) is 11.8 Å². The van der Waals surface area contributed by atoms with Gasteiger partial charge < -0.3 is 10.4 Å². The van der Waals surface area contributed by atoms with Crippen molar-refractivity contribution in [2.45, 2.75) is 25.9 Å². The first-order valence-electron chi connectivity index (χ1n) is 5.71. The van der Waals surface area contributed by atoms with Gasteiger partial charge in [-0.3, -0.25) is 9.48 Å². The minimum Gasteiger partial charge on any atom is -0.393 e. The van der Waals surface area contributed by atoms with Crippen molar-refractivity contribution in [1.82, 2.24) is 15.1 Å². The number of nitrogens with zero attached hydrogens (tertiary/aromatic N) is 2. The first-order valence-corrected chi connectivity index (χ1v) is 5.71. The number of carbonyl (C=O) groups is 1. The van der Waals surface area contributed by atoms with Crippen LogP contribution < -0.4 is 5.32 Å². The molecule has 0 aliphatic heterocycles. The van der Waals surface area contributed by atoms with Crippen molar-refractivity contribution in [3.63, 3.8) is 0 Å². The van der Waals surface area contributed by atoms with Gasteiger partial charge in [-0.2, -0.15) is 5.10 Å². The molecule has 1 amide bonds. The average Bonchev–Trinajstić information content (AvgIpc) is 2.67. The number of aromatic nitrogens is 2. The van der Waals surface area contributed by atoms with Crippen LogP contribution in [0, 0.1) is 0 Å². The monoisotopic (exact) mass is 237 g/mol. The van der Waals surface area contributed by atoms with E-state index >= 15 is 0 Å². The molecule has 0 aromatic carbocycles. The fourth-order valence-electron chi connectivity index (χ4n) is 1.38. The molecule has 1 unspecified atom stereocenters. The number of carbonyl (C=O) groups excluding carboxylic acids is 1. The first kappa shape index (κ1) is 13.4. The minimum absolute atomic E-state index is 0.128. The first-order chi connectivity index (χ1) is 8.09. The van der Waals surface area contributed by atoms with E-state index in [0.717, 1.165) is 12.1 Å². The van der Waals surface area contributed by atoms with Crippen molar-refractivity contribution in [2.75, 3.05) is 6.54 Å². The highest BCUT2D eigenvalue weighted by Crippen LogP contribution is 1.98. The maximum atomic E-state index is 11.4. The Hall–Kier alpha value is -1.62. The molecular formula is C12H19N3O2. The Balaban J connectivity index is 2.26. The highest BCUT2D eigenvalue weighted by molar-refractivity contribution is 5.91. The number of hydrogen-bond donors (Lipinski definition) is 2. The minimum atomic E-state index is -0.308. The van der Waals surface area contributed by atoms with E-state index in [1.165, 1.54) is 6.08 Å². The lowest BCUT2D eigenvalue weighted by atomic mass is 10.2. The number of nitrogens with one attached hydrogen (secondary N) is 1. The molecule has 1 atom stereocenters. The van der Waals surface area contributed by atoms with Gasteiger partial charge >= 0.3 is 0 Å². The molecule has 0 saturated carbocycles. The Morgan fingerprint density at radius 2 is 2.47 bits per heavy atom. The maximum Gasteiger partial charge on any atom is 0.244 e. The van der Waals surface area contributed by atoms with Gasteiger partial charge in [-0.15, -0.1) is 0 Å². The van der Waals surface area contributed by atoms with Gasteiger partial charge in [-0.25, -0.2) is 0 Å². The standard InChI is InChI=1S/C12H19N3O2/c1-10(16)4-3-8-13-12(17)6-5-11-7-9-14-15(11)2/h5-7,9-10,16H,3-4,8H2,1-2H3,(H,13,17)/b6-5+. The Morgan fingerprint density at radius 3 is 3.06 bits per heavy atom. The summed E-state index contributed by atoms with van der Waals surface area (Å²) in [6.07, 6.45) is 6.06. The van der Waals surface area contributed by atoms with Gasteiger partial charge in [-0.1, -0.05) is 0 Å². The van der Waals surface area contributed by atoms with Gasteiger partial charge in [0, 0.05) is 25.9 Å². The number of aryl methyl sites for hydroxylation is 1. The van der Waals surface area contributed by atoms with Gasteiger partial charge in [0.05, 0.1) is 11.8 Å². The summed E-state index contributed by atoms with van der Waals surface area (Å²) in [6.45, 7) is 2.32. The highest BCUT2D eigenvalue weighted by atomic mass is 16.3. The third kappa shape index (κ3) is 5.31. The zero-order valence-corrected chi connectivity index (χ0v) is 10.3. The van der Waals surface area contributed by atoms with Crippen molar-refractivity contribution in [2.24, 2.45) is 7.05 Å². The normalized spacial score (nSPS) is 12.9. The highest BCUT2D eigenvalue weighted by Gasteiger charge is 1.98. The summed E-state index contributed by atoms with van der Waals surface area (Å²) in [5.74, 6) is -0.128. The van der Waals surface area contributed by atoms with Crippen LogP contribution in [0.5, 0.6) is 0 Å². The molecule has 17 heavy (non-hydrogen) atoms. The maximum absolute atomic E-state index is 11.4. The molecule has 0 saturated heterocycles. The topological polar surface area (TPSA) is 67.2 Å². The molecule has 1 rings (SSSR count). The molecule has 0 spiro atoms. The van der Waals surface area contributed by atoms with E-state index in [1.54, 1.807) is 23.9 Å². The predicted octanol–water partition coefficient (Wildman–Crippen LogP) is 0.710. The molecule has 94 valence electrons. The van der Waals surface area contributed by atoms with Crippen molar-refractivity contribution in [1.29, 1.82) is 0 Å². The van der Waals surface area contributed by atoms with E-state index in [1.807, 2.05) is 13.1 Å². The fourth-order valence-corrected chi connectivity index (χ4v) is 1.38. The summed E-state index contributed by atoms with van der Waals surface area (Å²) >= 11 is 0. The summed E-state index contributed by atoms with van der Waals surface area (Å²) < 4.78 is 1.69. The van der Waals surface area contributed by atoms with E-state index in [4.69, 9.17) is 5.11 Å². The molecule has 1 heterocycles. The van der Waals surface area contributed by atoms with Crippen LogP contribution in [0.15, 0.2) is 18.3 Å². The molecule has 0 aliphatic carbocycles. The molecule has 0 radical (unpaired) electrons. The number of aliphatic hydroxyl groups is 1. The van der Waals surface area contributed by atoms with Crippen molar-refractivity contribution in [3.05, 3.63) is 24.0 Å². The van der Waals surface area contributed by atoms with Crippen LogP contribution in [-0.4, -0.2) is 33.4 Å². The lowest BCUT2D eigenvalue weighted by molar-refractivity contribution is -0.116. The Morgan fingerprint density at radius 1 is 1.71 bits per heavy atom. The van der Waals surface area contributed by atoms with Crippen LogP contribution >= 0.6 is 0 Å². The smallest absolute Gasteiger partial charge is 0.244 e. The van der Waals surface area contributed by atoms with Crippen LogP contribution in [0.3, 0.4) is 0 Å². The molecular weight excluding hydrogens is 218 g/mol. The molecule has 0 fully saturated rings. The third-order valence-electron chi connectivity index (χ3n) is 2.36. The van der Waals surface area contributed by atoms with Crippen LogP contribution in [0.25, 0.3) is 6.08 Å². The zero-order valence-electron chi connectivity index (χ0n) is 10.3. The van der Waals surface area contributed by atoms with E-state index < -0.39 is 0 Å². The van der Waals surface area contributed by atoms with Gasteiger partial charge in [0.15, 0.2) is 0 Å². The molecule has 0 aliphatic rings. The number of aliphatic hydroxyl groups excluding tert-OH is 1. The molecule has 0 bridgehead atoms. The SMILES string of the molecule is CC(O)CCCNC(=O)/C=C/c1ccnn1C. The third-order valence-corrected chi connectivity index (χ3v) is 2.36. The Bertz CT molecular complexity index is 383. The molecule has 5 heteroatoms. The van der Waals surface area contributed by atoms with E-state index in [0.29, 0.717) is 13.0 Å². The number of hydrogen-bond acceptors (Lipinski definition) is 3. The molecule has 2 N–H and O–H groups in total. The van der Waals surface area contributed by atoms with Crippen molar-refractivity contribution < 1.29 is 9.90 Å². The van der Waals surface area contributed by atoms with Crippen LogP contribution in [0.1, 0.15) is 25.5 Å². The summed E-state index contributed by atoms with van der Waals surface area (Å²) in [7, 11) is 1.82. The average molecular weight is 237 g/mol. The number of rotatable bonds is 6. The predicted molar refractivity (Wildman–Crippen MR) is 66.2 cm³/mol. The molecule has 5 nitrogen and oxygen atoms in total. The van der Waals surface area contributed by atoms with Crippen LogP contribution in [0.4, 0.5) is 0 Å². The lowest BCUT2D eigenvalue weighted by Crippen LogP contribution is -2.22. The summed E-state index contributed by atoms with van der Waals surface area (Å²) in [6, 6.07) is 1.83. The zero-order chi connectivity index (χ0) is 12.7.